The zero-order chi connectivity index (χ0) is 12.2. The summed E-state index contributed by atoms with van der Waals surface area (Å²) in [6, 6.07) is 6.47. The molecule has 0 spiro atoms. The Hall–Kier alpha value is -1.51. The summed E-state index contributed by atoms with van der Waals surface area (Å²) < 4.78 is 5.52. The van der Waals surface area contributed by atoms with Gasteiger partial charge >= 0.3 is 5.97 Å². The molecule has 3 heteroatoms. The quantitative estimate of drug-likeness (QED) is 0.850. The molecule has 0 saturated heterocycles. The highest BCUT2D eigenvalue weighted by Gasteiger charge is 2.10. The molecule has 0 aliphatic rings. The minimum absolute atomic E-state index is 0.251. The number of carbonyl (C=O) groups is 1. The zero-order valence-corrected chi connectivity index (χ0v) is 9.99. The van der Waals surface area contributed by atoms with Crippen molar-refractivity contribution in [3.8, 4) is 5.75 Å². The van der Waals surface area contributed by atoms with E-state index >= 15 is 0 Å². The topological polar surface area (TPSA) is 46.5 Å². The van der Waals surface area contributed by atoms with Gasteiger partial charge in [-0.3, -0.25) is 0 Å². The van der Waals surface area contributed by atoms with Crippen LogP contribution in [0.3, 0.4) is 0 Å². The molecule has 3 nitrogen and oxygen atoms in total. The number of aromatic carboxylic acids is 1. The summed E-state index contributed by atoms with van der Waals surface area (Å²) in [7, 11) is 0. The first-order valence-corrected chi connectivity index (χ1v) is 5.35. The molecule has 0 saturated carbocycles. The van der Waals surface area contributed by atoms with Crippen LogP contribution in [0.4, 0.5) is 0 Å². The lowest BCUT2D eigenvalue weighted by molar-refractivity contribution is 0.0697. The van der Waals surface area contributed by atoms with Gasteiger partial charge in [0, 0.05) is 0 Å². The van der Waals surface area contributed by atoms with Crippen molar-refractivity contribution in [2.75, 3.05) is 6.61 Å². The van der Waals surface area contributed by atoms with Crippen molar-refractivity contribution in [3.63, 3.8) is 0 Å². The second kappa shape index (κ2) is 5.01. The maximum Gasteiger partial charge on any atom is 0.335 e. The van der Waals surface area contributed by atoms with Crippen LogP contribution >= 0.6 is 0 Å². The zero-order valence-electron chi connectivity index (χ0n) is 9.99. The summed E-state index contributed by atoms with van der Waals surface area (Å²) in [6.45, 7) is 7.12. The van der Waals surface area contributed by atoms with Crippen molar-refractivity contribution < 1.29 is 14.6 Å². The van der Waals surface area contributed by atoms with E-state index < -0.39 is 5.97 Å². The van der Waals surface area contributed by atoms with Gasteiger partial charge in [0.25, 0.3) is 0 Å². The highest BCUT2D eigenvalue weighted by Crippen LogP contribution is 2.19. The first-order chi connectivity index (χ1) is 7.38. The number of rotatable bonds is 4. The van der Waals surface area contributed by atoms with E-state index in [1.165, 1.54) is 0 Å². The molecule has 0 aromatic heterocycles. The summed E-state index contributed by atoms with van der Waals surface area (Å²) in [6.07, 6.45) is 0.966. The normalized spacial score (nSPS) is 11.2. The van der Waals surface area contributed by atoms with Gasteiger partial charge in [0.05, 0.1) is 12.2 Å². The standard InChI is InChI=1S/C13H18O3/c1-13(2,3)8-9-16-11-6-4-10(5-7-11)12(14)15/h4-7H,8-9H2,1-3H3,(H,14,15). The van der Waals surface area contributed by atoms with Crippen molar-refractivity contribution >= 4 is 5.97 Å². The average molecular weight is 222 g/mol. The molecule has 1 N–H and O–H groups in total. The monoisotopic (exact) mass is 222 g/mol. The van der Waals surface area contributed by atoms with Crippen LogP contribution in [-0.2, 0) is 0 Å². The summed E-state index contributed by atoms with van der Waals surface area (Å²) in [5.74, 6) is -0.199. The van der Waals surface area contributed by atoms with Crippen molar-refractivity contribution in [1.82, 2.24) is 0 Å². The largest absolute Gasteiger partial charge is 0.494 e. The molecule has 0 radical (unpaired) electrons. The molecular formula is C13H18O3. The SMILES string of the molecule is CC(C)(C)CCOc1ccc(C(=O)O)cc1. The Morgan fingerprint density at radius 3 is 2.25 bits per heavy atom. The lowest BCUT2D eigenvalue weighted by Crippen LogP contribution is -2.11. The van der Waals surface area contributed by atoms with Crippen molar-refractivity contribution in [2.45, 2.75) is 27.2 Å². The molecule has 0 amide bonds. The van der Waals surface area contributed by atoms with E-state index in [0.717, 1.165) is 6.42 Å². The van der Waals surface area contributed by atoms with Crippen LogP contribution in [0.15, 0.2) is 24.3 Å². The minimum atomic E-state index is -0.916. The molecule has 0 fully saturated rings. The number of hydrogen-bond acceptors (Lipinski definition) is 2. The molecular weight excluding hydrogens is 204 g/mol. The van der Waals surface area contributed by atoms with Crippen LogP contribution in [0.5, 0.6) is 5.75 Å². The predicted molar refractivity (Wildman–Crippen MR) is 63.0 cm³/mol. The Labute approximate surface area is 96.1 Å². The molecule has 0 bridgehead atoms. The highest BCUT2D eigenvalue weighted by molar-refractivity contribution is 5.87. The van der Waals surface area contributed by atoms with E-state index in [4.69, 9.17) is 9.84 Å². The van der Waals surface area contributed by atoms with Gasteiger partial charge in [-0.1, -0.05) is 20.8 Å². The number of carboxylic acids is 1. The van der Waals surface area contributed by atoms with E-state index in [1.54, 1.807) is 24.3 Å². The summed E-state index contributed by atoms with van der Waals surface area (Å²) in [4.78, 5) is 10.6. The van der Waals surface area contributed by atoms with Crippen LogP contribution in [-0.4, -0.2) is 17.7 Å². The van der Waals surface area contributed by atoms with Crippen LogP contribution in [0, 0.1) is 5.41 Å². The van der Waals surface area contributed by atoms with Crippen molar-refractivity contribution in [1.29, 1.82) is 0 Å². The first-order valence-electron chi connectivity index (χ1n) is 5.35. The third-order valence-corrected chi connectivity index (χ3v) is 2.22. The third kappa shape index (κ3) is 4.34. The van der Waals surface area contributed by atoms with Crippen LogP contribution in [0.25, 0.3) is 0 Å². The third-order valence-electron chi connectivity index (χ3n) is 2.22. The Morgan fingerprint density at radius 2 is 1.81 bits per heavy atom. The Balaban J connectivity index is 2.47. The summed E-state index contributed by atoms with van der Waals surface area (Å²) in [5.41, 5.74) is 0.532. The molecule has 0 heterocycles. The Bertz CT molecular complexity index is 346. The highest BCUT2D eigenvalue weighted by atomic mass is 16.5. The summed E-state index contributed by atoms with van der Waals surface area (Å²) in [5, 5.41) is 8.72. The first kappa shape index (κ1) is 12.6. The van der Waals surface area contributed by atoms with E-state index in [0.29, 0.717) is 12.4 Å². The second-order valence-corrected chi connectivity index (χ2v) is 4.99. The number of hydrogen-bond donors (Lipinski definition) is 1. The summed E-state index contributed by atoms with van der Waals surface area (Å²) >= 11 is 0. The second-order valence-electron chi connectivity index (χ2n) is 4.99. The lowest BCUT2D eigenvalue weighted by Gasteiger charge is -2.18. The lowest BCUT2D eigenvalue weighted by atomic mass is 9.93. The van der Waals surface area contributed by atoms with Gasteiger partial charge in [-0.25, -0.2) is 4.79 Å². The van der Waals surface area contributed by atoms with Crippen LogP contribution < -0.4 is 4.74 Å². The molecule has 0 unspecified atom stereocenters. The maximum atomic E-state index is 10.6. The van der Waals surface area contributed by atoms with Gasteiger partial charge in [0.1, 0.15) is 5.75 Å². The van der Waals surface area contributed by atoms with Gasteiger partial charge in [-0.05, 0) is 36.1 Å². The predicted octanol–water partition coefficient (Wildman–Crippen LogP) is 3.20. The average Bonchev–Trinajstić information content (AvgIpc) is 2.16. The van der Waals surface area contributed by atoms with Crippen molar-refractivity contribution in [2.24, 2.45) is 5.41 Å². The van der Waals surface area contributed by atoms with Gasteiger partial charge in [-0.2, -0.15) is 0 Å². The maximum absolute atomic E-state index is 10.6. The minimum Gasteiger partial charge on any atom is -0.494 e. The van der Waals surface area contributed by atoms with Gasteiger partial charge in [-0.15, -0.1) is 0 Å². The fraction of sp³-hybridized carbons (Fsp3) is 0.462. The molecule has 1 aromatic carbocycles. The van der Waals surface area contributed by atoms with E-state index in [9.17, 15) is 4.79 Å². The fourth-order valence-electron chi connectivity index (χ4n) is 1.17. The molecule has 0 aliphatic carbocycles. The van der Waals surface area contributed by atoms with Crippen LogP contribution in [0.2, 0.25) is 0 Å². The fourth-order valence-corrected chi connectivity index (χ4v) is 1.17. The van der Waals surface area contributed by atoms with Gasteiger partial charge in [0.2, 0.25) is 0 Å². The Morgan fingerprint density at radius 1 is 1.25 bits per heavy atom. The molecule has 16 heavy (non-hydrogen) atoms. The number of benzene rings is 1. The van der Waals surface area contributed by atoms with E-state index in [2.05, 4.69) is 20.8 Å². The molecule has 0 atom stereocenters. The number of carboxylic acid groups (broad SMARTS) is 1. The molecule has 88 valence electrons. The molecule has 0 aliphatic heterocycles. The van der Waals surface area contributed by atoms with E-state index in [1.807, 2.05) is 0 Å². The molecule has 1 rings (SSSR count). The van der Waals surface area contributed by atoms with Crippen LogP contribution in [0.1, 0.15) is 37.6 Å². The van der Waals surface area contributed by atoms with Crippen molar-refractivity contribution in [3.05, 3.63) is 29.8 Å². The number of ether oxygens (including phenoxy) is 1. The smallest absolute Gasteiger partial charge is 0.335 e. The Kier molecular flexibility index (Phi) is 3.93. The molecule has 1 aromatic rings. The van der Waals surface area contributed by atoms with Gasteiger partial charge in [0.15, 0.2) is 0 Å². The van der Waals surface area contributed by atoms with Gasteiger partial charge < -0.3 is 9.84 Å². The van der Waals surface area contributed by atoms with E-state index in [-0.39, 0.29) is 11.0 Å².